The zero-order valence-electron chi connectivity index (χ0n) is 16.4. The molecule has 1 saturated carbocycles. The van der Waals surface area contributed by atoms with Crippen LogP contribution in [-0.4, -0.2) is 52.0 Å². The Morgan fingerprint density at radius 1 is 1.14 bits per heavy atom. The van der Waals surface area contributed by atoms with Gasteiger partial charge in [0.05, 0.1) is 7.11 Å². The van der Waals surface area contributed by atoms with Crippen LogP contribution >= 0.6 is 0 Å². The largest absolute Gasteiger partial charge is 0.507 e. The molecule has 0 spiro atoms. The summed E-state index contributed by atoms with van der Waals surface area (Å²) in [4.78, 5) is 2.39. The Morgan fingerprint density at radius 3 is 2.71 bits per heavy atom. The number of phenols is 1. The first-order chi connectivity index (χ1) is 13.7. The van der Waals surface area contributed by atoms with Crippen LogP contribution in [0.15, 0.2) is 30.5 Å². The van der Waals surface area contributed by atoms with Gasteiger partial charge in [0.2, 0.25) is 0 Å². The van der Waals surface area contributed by atoms with Gasteiger partial charge in [0, 0.05) is 35.8 Å². The third kappa shape index (κ3) is 2.92. The van der Waals surface area contributed by atoms with E-state index in [9.17, 15) is 5.11 Å². The molecule has 1 aromatic carbocycles. The number of methoxy groups -OCH3 is 1. The van der Waals surface area contributed by atoms with Crippen molar-refractivity contribution in [3.63, 3.8) is 0 Å². The first kappa shape index (κ1) is 17.5. The normalized spacial score (nSPS) is 20.6. The number of ether oxygens (including phenoxy) is 1. The maximum Gasteiger partial charge on any atom is 0.163 e. The molecule has 1 aliphatic carbocycles. The van der Waals surface area contributed by atoms with Crippen molar-refractivity contribution in [2.75, 3.05) is 27.2 Å². The molecule has 6 nitrogen and oxygen atoms in total. The molecule has 5 rings (SSSR count). The Kier molecular flexibility index (Phi) is 4.23. The lowest BCUT2D eigenvalue weighted by Crippen LogP contribution is -2.33. The number of hydrogen-bond donors (Lipinski definition) is 1. The van der Waals surface area contributed by atoms with Gasteiger partial charge in [-0.25, -0.2) is 0 Å². The number of hydrogen-bond acceptors (Lipinski definition) is 5. The summed E-state index contributed by atoms with van der Waals surface area (Å²) in [6.07, 6.45) is 6.90. The third-order valence-electron chi connectivity index (χ3n) is 6.12. The van der Waals surface area contributed by atoms with E-state index in [4.69, 9.17) is 4.74 Å². The Balaban J connectivity index is 1.63. The van der Waals surface area contributed by atoms with Crippen molar-refractivity contribution < 1.29 is 9.84 Å². The highest BCUT2D eigenvalue weighted by molar-refractivity contribution is 5.88. The first-order valence-corrected chi connectivity index (χ1v) is 10.1. The zero-order chi connectivity index (χ0) is 19.3. The first-order valence-electron chi connectivity index (χ1n) is 10.1. The van der Waals surface area contributed by atoms with E-state index in [1.165, 1.54) is 36.6 Å². The van der Waals surface area contributed by atoms with Crippen LogP contribution in [0.2, 0.25) is 0 Å². The molecule has 2 aromatic heterocycles. The van der Waals surface area contributed by atoms with Gasteiger partial charge in [0.25, 0.3) is 0 Å². The van der Waals surface area contributed by atoms with E-state index < -0.39 is 0 Å². The minimum atomic E-state index is 0.184. The smallest absolute Gasteiger partial charge is 0.163 e. The fraction of sp³-hybridized carbons (Fsp3) is 0.455. The van der Waals surface area contributed by atoms with Crippen molar-refractivity contribution >= 4 is 11.0 Å². The molecule has 146 valence electrons. The van der Waals surface area contributed by atoms with Crippen molar-refractivity contribution in [1.82, 2.24) is 19.7 Å². The molecule has 0 amide bonds. The predicted octanol–water partition coefficient (Wildman–Crippen LogP) is 3.96. The molecule has 1 aliphatic heterocycles. The van der Waals surface area contributed by atoms with Crippen LogP contribution in [0.1, 0.15) is 43.2 Å². The number of aromatic nitrogens is 3. The minimum Gasteiger partial charge on any atom is -0.507 e. The molecule has 0 unspecified atom stereocenters. The van der Waals surface area contributed by atoms with E-state index in [2.05, 4.69) is 39.0 Å². The quantitative estimate of drug-likeness (QED) is 0.745. The molecule has 0 radical (unpaired) electrons. The summed E-state index contributed by atoms with van der Waals surface area (Å²) < 4.78 is 7.53. The number of aromatic hydroxyl groups is 1. The molecule has 3 aromatic rings. The van der Waals surface area contributed by atoms with E-state index in [1.54, 1.807) is 13.2 Å². The van der Waals surface area contributed by atoms with Gasteiger partial charge in [0.15, 0.2) is 5.65 Å². The van der Waals surface area contributed by atoms with Crippen LogP contribution in [0.4, 0.5) is 0 Å². The van der Waals surface area contributed by atoms with Gasteiger partial charge in [-0.3, -0.25) is 0 Å². The van der Waals surface area contributed by atoms with Crippen LogP contribution in [-0.2, 0) is 0 Å². The molecule has 0 bridgehead atoms. The standard InChI is InChI=1S/C22H26N4O2/c1-25-10-3-4-15(13-25)26-11-9-18-20(14-5-6-14)21(23-24-22(18)26)17-8-7-16(28-2)12-19(17)27/h7-9,11-12,14-15,27H,3-6,10,13H2,1-2H3/t15-/m1/s1. The second-order valence-corrected chi connectivity index (χ2v) is 8.14. The molecule has 6 heteroatoms. The summed E-state index contributed by atoms with van der Waals surface area (Å²) in [6, 6.07) is 8.01. The fourth-order valence-electron chi connectivity index (χ4n) is 4.52. The Morgan fingerprint density at radius 2 is 2.00 bits per heavy atom. The summed E-state index contributed by atoms with van der Waals surface area (Å²) in [6.45, 7) is 2.21. The highest BCUT2D eigenvalue weighted by Crippen LogP contribution is 2.48. The van der Waals surface area contributed by atoms with E-state index in [1.807, 2.05) is 12.1 Å². The molecule has 2 fully saturated rings. The number of piperidine rings is 1. The van der Waals surface area contributed by atoms with Gasteiger partial charge < -0.3 is 19.3 Å². The number of nitrogens with zero attached hydrogens (tertiary/aromatic N) is 4. The van der Waals surface area contributed by atoms with Gasteiger partial charge in [-0.15, -0.1) is 10.2 Å². The Labute approximate surface area is 164 Å². The predicted molar refractivity (Wildman–Crippen MR) is 109 cm³/mol. The molecular formula is C22H26N4O2. The van der Waals surface area contributed by atoms with Crippen molar-refractivity contribution in [2.45, 2.75) is 37.6 Å². The number of phenolic OH excluding ortho intramolecular Hbond substituents is 1. The van der Waals surface area contributed by atoms with E-state index in [-0.39, 0.29) is 5.75 Å². The molecule has 28 heavy (non-hydrogen) atoms. The van der Waals surface area contributed by atoms with Gasteiger partial charge >= 0.3 is 0 Å². The van der Waals surface area contributed by atoms with Gasteiger partial charge in [-0.1, -0.05) is 0 Å². The zero-order valence-corrected chi connectivity index (χ0v) is 16.4. The molecular weight excluding hydrogens is 352 g/mol. The third-order valence-corrected chi connectivity index (χ3v) is 6.12. The van der Waals surface area contributed by atoms with Gasteiger partial charge in [-0.05, 0) is 69.0 Å². The number of likely N-dealkylation sites (N-methyl/N-ethyl adjacent to an activating group) is 1. The molecule has 2 aliphatic rings. The van der Waals surface area contributed by atoms with Crippen LogP contribution in [0.25, 0.3) is 22.3 Å². The maximum absolute atomic E-state index is 10.6. The lowest BCUT2D eigenvalue weighted by molar-refractivity contribution is 0.214. The topological polar surface area (TPSA) is 63.4 Å². The Hall–Kier alpha value is -2.60. The van der Waals surface area contributed by atoms with Crippen LogP contribution < -0.4 is 4.74 Å². The number of likely N-dealkylation sites (tertiary alicyclic amines) is 1. The molecule has 1 N–H and O–H groups in total. The molecule has 1 saturated heterocycles. The summed E-state index contributed by atoms with van der Waals surface area (Å²) in [5, 5.41) is 21.0. The SMILES string of the molecule is COc1ccc(-c2nnc3c(ccn3[C@@H]3CCCN(C)C3)c2C2CC2)c(O)c1. The van der Waals surface area contributed by atoms with Crippen LogP contribution in [0.5, 0.6) is 11.5 Å². The van der Waals surface area contributed by atoms with Crippen LogP contribution in [0.3, 0.4) is 0 Å². The second kappa shape index (κ2) is 6.78. The highest BCUT2D eigenvalue weighted by Gasteiger charge is 2.32. The monoisotopic (exact) mass is 378 g/mol. The average Bonchev–Trinajstić information content (AvgIpc) is 3.45. The summed E-state index contributed by atoms with van der Waals surface area (Å²) in [5.74, 6) is 1.32. The average molecular weight is 378 g/mol. The second-order valence-electron chi connectivity index (χ2n) is 8.14. The van der Waals surface area contributed by atoms with Crippen molar-refractivity contribution in [3.8, 4) is 22.8 Å². The Bertz CT molecular complexity index is 1020. The van der Waals surface area contributed by atoms with E-state index >= 15 is 0 Å². The van der Waals surface area contributed by atoms with E-state index in [0.717, 1.165) is 30.0 Å². The fourth-order valence-corrected chi connectivity index (χ4v) is 4.52. The van der Waals surface area contributed by atoms with Crippen molar-refractivity contribution in [2.24, 2.45) is 0 Å². The number of fused-ring (bicyclic) bond motifs is 1. The lowest BCUT2D eigenvalue weighted by Gasteiger charge is -2.30. The van der Waals surface area contributed by atoms with Crippen molar-refractivity contribution in [1.29, 1.82) is 0 Å². The summed E-state index contributed by atoms with van der Waals surface area (Å²) in [5.41, 5.74) is 3.73. The molecule has 1 atom stereocenters. The lowest BCUT2D eigenvalue weighted by atomic mass is 9.99. The van der Waals surface area contributed by atoms with Gasteiger partial charge in [-0.2, -0.15) is 0 Å². The maximum atomic E-state index is 10.6. The van der Waals surface area contributed by atoms with Gasteiger partial charge in [0.1, 0.15) is 17.2 Å². The highest BCUT2D eigenvalue weighted by atomic mass is 16.5. The summed E-state index contributed by atoms with van der Waals surface area (Å²) >= 11 is 0. The molecule has 3 heterocycles. The summed E-state index contributed by atoms with van der Waals surface area (Å²) in [7, 11) is 3.78. The number of benzene rings is 1. The minimum absolute atomic E-state index is 0.184. The van der Waals surface area contributed by atoms with E-state index in [0.29, 0.717) is 17.7 Å². The number of rotatable bonds is 4. The van der Waals surface area contributed by atoms with Crippen LogP contribution in [0, 0.1) is 0 Å². The van der Waals surface area contributed by atoms with Crippen molar-refractivity contribution in [3.05, 3.63) is 36.0 Å².